The molecule has 0 bridgehead atoms. The van der Waals surface area contributed by atoms with Crippen molar-refractivity contribution in [2.75, 3.05) is 0 Å². The highest BCUT2D eigenvalue weighted by atomic mass is 16.4. The third kappa shape index (κ3) is 7.74. The van der Waals surface area contributed by atoms with Crippen molar-refractivity contribution in [2.24, 2.45) is 35.5 Å². The molecule has 0 saturated carbocycles. The lowest BCUT2D eigenvalue weighted by atomic mass is 9.76. The second-order valence-electron chi connectivity index (χ2n) is 8.67. The summed E-state index contributed by atoms with van der Waals surface area (Å²) < 4.78 is 0. The maximum Gasteiger partial charge on any atom is 0.306 e. The van der Waals surface area contributed by atoms with E-state index in [1.165, 1.54) is 0 Å². The van der Waals surface area contributed by atoms with Gasteiger partial charge >= 0.3 is 5.97 Å². The summed E-state index contributed by atoms with van der Waals surface area (Å²) in [5.74, 6) is -0.0999. The van der Waals surface area contributed by atoms with Crippen molar-refractivity contribution in [2.45, 2.75) is 60.9 Å². The summed E-state index contributed by atoms with van der Waals surface area (Å²) in [5.41, 5.74) is 1.09. The number of hydrogen-bond acceptors (Lipinski definition) is 2. The van der Waals surface area contributed by atoms with Crippen molar-refractivity contribution >= 4 is 11.9 Å². The van der Waals surface area contributed by atoms with Gasteiger partial charge < -0.3 is 10.4 Å². The predicted molar refractivity (Wildman–Crippen MR) is 110 cm³/mol. The highest BCUT2D eigenvalue weighted by Gasteiger charge is 2.30. The van der Waals surface area contributed by atoms with Crippen molar-refractivity contribution < 1.29 is 14.7 Å². The summed E-state index contributed by atoms with van der Waals surface area (Å²) in [4.78, 5) is 24.2. The summed E-state index contributed by atoms with van der Waals surface area (Å²) in [6.07, 6.45) is 1.44. The molecule has 0 aromatic heterocycles. The number of nitrogens with one attached hydrogen (secondary N) is 1. The molecule has 4 atom stereocenters. The van der Waals surface area contributed by atoms with Crippen molar-refractivity contribution in [1.29, 1.82) is 0 Å². The van der Waals surface area contributed by atoms with Crippen LogP contribution in [0.4, 0.5) is 0 Å². The molecule has 0 saturated heterocycles. The number of amides is 1. The Morgan fingerprint density at radius 1 is 0.852 bits per heavy atom. The van der Waals surface area contributed by atoms with Gasteiger partial charge in [-0.25, -0.2) is 0 Å². The van der Waals surface area contributed by atoms with Crippen LogP contribution in [0.2, 0.25) is 0 Å². The van der Waals surface area contributed by atoms with Gasteiger partial charge in [-0.1, -0.05) is 71.9 Å². The zero-order chi connectivity index (χ0) is 20.6. The fourth-order valence-corrected chi connectivity index (χ4v) is 3.52. The minimum Gasteiger partial charge on any atom is -0.481 e. The number of carbonyl (C=O) groups is 2. The van der Waals surface area contributed by atoms with E-state index in [0.29, 0.717) is 18.9 Å². The maximum atomic E-state index is 12.7. The predicted octanol–water partition coefficient (Wildman–Crippen LogP) is 4.98. The molecule has 4 nitrogen and oxygen atoms in total. The normalized spacial score (nSPS) is 16.0. The van der Waals surface area contributed by atoms with Gasteiger partial charge in [0.15, 0.2) is 0 Å². The quantitative estimate of drug-likeness (QED) is 0.573. The Hall–Kier alpha value is -1.84. The Kier molecular flexibility index (Phi) is 9.54. The number of carboxylic acids is 1. The molecular formula is C23H37NO3. The minimum atomic E-state index is -0.718. The fourth-order valence-electron chi connectivity index (χ4n) is 3.52. The summed E-state index contributed by atoms with van der Waals surface area (Å²) in [7, 11) is 0. The van der Waals surface area contributed by atoms with Crippen LogP contribution in [0.3, 0.4) is 0 Å². The largest absolute Gasteiger partial charge is 0.481 e. The molecule has 2 N–H and O–H groups in total. The van der Waals surface area contributed by atoms with Crippen LogP contribution >= 0.6 is 0 Å². The van der Waals surface area contributed by atoms with Gasteiger partial charge in [0, 0.05) is 12.5 Å². The second kappa shape index (κ2) is 11.1. The van der Waals surface area contributed by atoms with Crippen LogP contribution in [-0.4, -0.2) is 17.0 Å². The molecule has 0 aliphatic carbocycles. The Morgan fingerprint density at radius 3 is 1.78 bits per heavy atom. The van der Waals surface area contributed by atoms with Gasteiger partial charge in [-0.3, -0.25) is 9.59 Å². The van der Waals surface area contributed by atoms with Crippen molar-refractivity contribution in [1.82, 2.24) is 5.32 Å². The highest BCUT2D eigenvalue weighted by molar-refractivity contribution is 5.78. The van der Waals surface area contributed by atoms with Crippen molar-refractivity contribution in [3.05, 3.63) is 35.9 Å². The summed E-state index contributed by atoms with van der Waals surface area (Å²) >= 11 is 0. The molecular weight excluding hydrogens is 338 g/mol. The number of carbonyl (C=O) groups excluding carboxylic acids is 1. The molecule has 0 spiro atoms. The highest BCUT2D eigenvalue weighted by Crippen LogP contribution is 2.31. The molecule has 0 fully saturated rings. The maximum absolute atomic E-state index is 12.7. The molecule has 1 amide bonds. The first-order chi connectivity index (χ1) is 12.6. The van der Waals surface area contributed by atoms with E-state index in [1.54, 1.807) is 0 Å². The van der Waals surface area contributed by atoms with E-state index in [-0.39, 0.29) is 35.5 Å². The van der Waals surface area contributed by atoms with Gasteiger partial charge in [0.05, 0.1) is 5.92 Å². The third-order valence-corrected chi connectivity index (χ3v) is 5.80. The first-order valence-electron chi connectivity index (χ1n) is 10.2. The Bertz CT molecular complexity index is 583. The van der Waals surface area contributed by atoms with Crippen LogP contribution in [0.1, 0.15) is 59.9 Å². The fraction of sp³-hybridized carbons (Fsp3) is 0.652. The number of hydrogen-bond donors (Lipinski definition) is 2. The van der Waals surface area contributed by atoms with E-state index in [9.17, 15) is 14.7 Å². The minimum absolute atomic E-state index is 0.0616. The van der Waals surface area contributed by atoms with E-state index in [0.717, 1.165) is 12.0 Å². The molecule has 4 heteroatoms. The van der Waals surface area contributed by atoms with Crippen LogP contribution in [0.5, 0.6) is 0 Å². The Morgan fingerprint density at radius 2 is 1.33 bits per heavy atom. The van der Waals surface area contributed by atoms with Crippen LogP contribution in [0, 0.1) is 35.5 Å². The van der Waals surface area contributed by atoms with Gasteiger partial charge in [0.1, 0.15) is 0 Å². The molecule has 0 aliphatic heterocycles. The molecule has 0 aliphatic rings. The molecule has 0 radical (unpaired) electrons. The SMILES string of the molecule is CC(C)[C@H](CC(C)[C@@H](C)C[C@H](C(=O)NCc1ccccc1)C(C)C)C(=O)O. The van der Waals surface area contributed by atoms with Crippen LogP contribution in [0.15, 0.2) is 30.3 Å². The topological polar surface area (TPSA) is 66.4 Å². The average molecular weight is 376 g/mol. The molecule has 27 heavy (non-hydrogen) atoms. The number of rotatable bonds is 11. The van der Waals surface area contributed by atoms with E-state index < -0.39 is 5.97 Å². The van der Waals surface area contributed by atoms with Gasteiger partial charge in [-0.05, 0) is 42.1 Å². The summed E-state index contributed by atoms with van der Waals surface area (Å²) in [6.45, 7) is 12.9. The Labute approximate surface area is 164 Å². The lowest BCUT2D eigenvalue weighted by Crippen LogP contribution is -2.35. The zero-order valence-electron chi connectivity index (χ0n) is 17.7. The van der Waals surface area contributed by atoms with Crippen LogP contribution in [-0.2, 0) is 16.1 Å². The first kappa shape index (κ1) is 23.2. The van der Waals surface area contributed by atoms with Crippen molar-refractivity contribution in [3.8, 4) is 0 Å². The molecule has 152 valence electrons. The standard InChI is InChI=1S/C23H37NO3/c1-15(2)20(22(25)24-14-19-10-8-7-9-11-19)12-17(5)18(6)13-21(16(3)4)23(26)27/h7-11,15-18,20-21H,12-14H2,1-6H3,(H,24,25)(H,26,27)/t17-,18?,20-,21-/m0/s1. The van der Waals surface area contributed by atoms with E-state index >= 15 is 0 Å². The lowest BCUT2D eigenvalue weighted by molar-refractivity contribution is -0.144. The molecule has 1 aromatic carbocycles. The first-order valence-corrected chi connectivity index (χ1v) is 10.2. The zero-order valence-corrected chi connectivity index (χ0v) is 17.7. The molecule has 1 rings (SSSR count). The molecule has 0 heterocycles. The van der Waals surface area contributed by atoms with E-state index in [2.05, 4.69) is 33.0 Å². The van der Waals surface area contributed by atoms with Crippen molar-refractivity contribution in [3.63, 3.8) is 0 Å². The van der Waals surface area contributed by atoms with Gasteiger partial charge in [0.25, 0.3) is 0 Å². The number of aliphatic carboxylic acids is 1. The second-order valence-corrected chi connectivity index (χ2v) is 8.67. The lowest BCUT2D eigenvalue weighted by Gasteiger charge is -2.29. The van der Waals surface area contributed by atoms with Gasteiger partial charge in [-0.2, -0.15) is 0 Å². The Balaban J connectivity index is 2.66. The van der Waals surface area contributed by atoms with Gasteiger partial charge in [-0.15, -0.1) is 0 Å². The average Bonchev–Trinajstić information content (AvgIpc) is 2.61. The smallest absolute Gasteiger partial charge is 0.306 e. The molecule has 1 aromatic rings. The summed E-state index contributed by atoms with van der Waals surface area (Å²) in [5, 5.41) is 12.5. The summed E-state index contributed by atoms with van der Waals surface area (Å²) in [6, 6.07) is 9.92. The number of benzene rings is 1. The van der Waals surface area contributed by atoms with E-state index in [1.807, 2.05) is 44.2 Å². The monoisotopic (exact) mass is 375 g/mol. The molecule has 1 unspecified atom stereocenters. The third-order valence-electron chi connectivity index (χ3n) is 5.80. The van der Waals surface area contributed by atoms with Crippen LogP contribution in [0.25, 0.3) is 0 Å². The number of carboxylic acid groups (broad SMARTS) is 1. The van der Waals surface area contributed by atoms with Gasteiger partial charge in [0.2, 0.25) is 5.91 Å². The van der Waals surface area contributed by atoms with Crippen LogP contribution < -0.4 is 5.32 Å². The van der Waals surface area contributed by atoms with E-state index in [4.69, 9.17) is 0 Å².